The summed E-state index contributed by atoms with van der Waals surface area (Å²) < 4.78 is 0. The number of carboxylic acid groups (broad SMARTS) is 1. The zero-order valence-corrected chi connectivity index (χ0v) is 7.65. The molecule has 0 aliphatic heterocycles. The monoisotopic (exact) mass is 191 g/mol. The van der Waals surface area contributed by atoms with Gasteiger partial charge >= 0.3 is 5.97 Å². The van der Waals surface area contributed by atoms with Crippen LogP contribution in [0.1, 0.15) is 26.7 Å². The van der Waals surface area contributed by atoms with E-state index in [-0.39, 0.29) is 13.0 Å². The molecule has 0 aromatic carbocycles. The van der Waals surface area contributed by atoms with Crippen LogP contribution in [0.4, 0.5) is 0 Å². The Hall–Kier alpha value is -1.33. The zero-order chi connectivity index (χ0) is 10.5. The highest BCUT2D eigenvalue weighted by molar-refractivity contribution is 5.73. The van der Waals surface area contributed by atoms with E-state index in [1.165, 1.54) is 0 Å². The van der Waals surface area contributed by atoms with Gasteiger partial charge in [0.05, 0.1) is 12.0 Å². The Balaban J connectivity index is 3.98. The van der Waals surface area contributed by atoms with Crippen molar-refractivity contribution in [1.29, 1.82) is 0 Å². The Morgan fingerprint density at radius 1 is 1.69 bits per heavy atom. The van der Waals surface area contributed by atoms with E-state index in [1.54, 1.807) is 13.8 Å². The average molecular weight is 191 g/mol. The van der Waals surface area contributed by atoms with E-state index in [0.29, 0.717) is 6.42 Å². The van der Waals surface area contributed by atoms with E-state index in [9.17, 15) is 14.9 Å². The van der Waals surface area contributed by atoms with Gasteiger partial charge in [-0.25, -0.2) is 0 Å². The summed E-state index contributed by atoms with van der Waals surface area (Å²) in [5.41, 5.74) is -0.935. The summed E-state index contributed by atoms with van der Waals surface area (Å²) in [4.78, 5) is 24.5. The first-order valence-electron chi connectivity index (χ1n) is 3.93. The molecule has 1 atom stereocenters. The van der Waals surface area contributed by atoms with Gasteiger partial charge in [0, 0.05) is 0 Å². The third-order valence-corrected chi connectivity index (χ3v) is 2.15. The molecular formula is C7H13NO5. The standard InChI is InChI=1S/C7H13NO5/c1-3-7(2,6(9)10)4-5-13-8(11)12/h3-5H2,1-2H3,(H,9,10). The van der Waals surface area contributed by atoms with Gasteiger partial charge in [-0.15, -0.1) is 10.1 Å². The average Bonchev–Trinajstić information content (AvgIpc) is 2.03. The normalized spacial score (nSPS) is 14.6. The predicted molar refractivity (Wildman–Crippen MR) is 43.6 cm³/mol. The molecule has 6 nitrogen and oxygen atoms in total. The number of hydrogen-bond acceptors (Lipinski definition) is 4. The van der Waals surface area contributed by atoms with Crippen LogP contribution in [0.15, 0.2) is 0 Å². The molecule has 0 rings (SSSR count). The Morgan fingerprint density at radius 3 is 2.54 bits per heavy atom. The van der Waals surface area contributed by atoms with Crippen molar-refractivity contribution < 1.29 is 19.8 Å². The van der Waals surface area contributed by atoms with Crippen LogP contribution >= 0.6 is 0 Å². The van der Waals surface area contributed by atoms with Crippen LogP contribution in [0, 0.1) is 15.5 Å². The van der Waals surface area contributed by atoms with Gasteiger partial charge in [0.25, 0.3) is 5.09 Å². The van der Waals surface area contributed by atoms with Crippen molar-refractivity contribution in [2.75, 3.05) is 6.61 Å². The van der Waals surface area contributed by atoms with Gasteiger partial charge in [0.15, 0.2) is 0 Å². The number of carbonyl (C=O) groups is 1. The quantitative estimate of drug-likeness (QED) is 0.501. The minimum absolute atomic E-state index is 0.139. The van der Waals surface area contributed by atoms with Gasteiger partial charge < -0.3 is 9.94 Å². The van der Waals surface area contributed by atoms with Crippen molar-refractivity contribution in [3.63, 3.8) is 0 Å². The topological polar surface area (TPSA) is 89.7 Å². The molecule has 0 fully saturated rings. The molecule has 13 heavy (non-hydrogen) atoms. The van der Waals surface area contributed by atoms with Gasteiger partial charge in [0.2, 0.25) is 0 Å². The lowest BCUT2D eigenvalue weighted by atomic mass is 9.84. The molecule has 0 amide bonds. The zero-order valence-electron chi connectivity index (χ0n) is 7.65. The molecular weight excluding hydrogens is 178 g/mol. The van der Waals surface area contributed by atoms with Gasteiger partial charge in [0.1, 0.15) is 0 Å². The highest BCUT2D eigenvalue weighted by Crippen LogP contribution is 2.25. The second-order valence-corrected chi connectivity index (χ2v) is 3.03. The van der Waals surface area contributed by atoms with E-state index in [4.69, 9.17) is 5.11 Å². The molecule has 0 saturated carbocycles. The van der Waals surface area contributed by atoms with Crippen LogP contribution in [-0.2, 0) is 9.63 Å². The largest absolute Gasteiger partial charge is 0.481 e. The minimum atomic E-state index is -0.957. The van der Waals surface area contributed by atoms with Crippen molar-refractivity contribution in [1.82, 2.24) is 0 Å². The summed E-state index contributed by atoms with van der Waals surface area (Å²) in [7, 11) is 0. The molecule has 0 aliphatic carbocycles. The van der Waals surface area contributed by atoms with E-state index in [1.807, 2.05) is 0 Å². The van der Waals surface area contributed by atoms with Gasteiger partial charge in [-0.3, -0.25) is 4.79 Å². The van der Waals surface area contributed by atoms with Gasteiger partial charge in [-0.2, -0.15) is 0 Å². The molecule has 0 saturated heterocycles. The second-order valence-electron chi connectivity index (χ2n) is 3.03. The summed E-state index contributed by atoms with van der Waals surface area (Å²) >= 11 is 0. The van der Waals surface area contributed by atoms with Crippen molar-refractivity contribution in [3.8, 4) is 0 Å². The van der Waals surface area contributed by atoms with E-state index in [0.717, 1.165) is 0 Å². The lowest BCUT2D eigenvalue weighted by Gasteiger charge is -2.21. The maximum atomic E-state index is 10.7. The molecule has 1 N–H and O–H groups in total. The van der Waals surface area contributed by atoms with Crippen LogP contribution in [0.25, 0.3) is 0 Å². The SMILES string of the molecule is CCC(C)(CCO[N+](=O)[O-])C(=O)O. The maximum Gasteiger partial charge on any atom is 0.309 e. The fraction of sp³-hybridized carbons (Fsp3) is 0.857. The lowest BCUT2D eigenvalue weighted by molar-refractivity contribution is -0.758. The second kappa shape index (κ2) is 4.64. The van der Waals surface area contributed by atoms with E-state index >= 15 is 0 Å². The summed E-state index contributed by atoms with van der Waals surface area (Å²) in [6.07, 6.45) is 0.559. The molecule has 76 valence electrons. The Bertz CT molecular complexity index is 205. The number of nitrogens with zero attached hydrogens (tertiary/aromatic N) is 1. The maximum absolute atomic E-state index is 10.7. The third-order valence-electron chi connectivity index (χ3n) is 2.15. The van der Waals surface area contributed by atoms with Crippen molar-refractivity contribution >= 4 is 5.97 Å². The van der Waals surface area contributed by atoms with Crippen LogP contribution in [0.3, 0.4) is 0 Å². The van der Waals surface area contributed by atoms with Gasteiger partial charge in [-0.1, -0.05) is 6.92 Å². The van der Waals surface area contributed by atoms with Crippen molar-refractivity contribution in [2.24, 2.45) is 5.41 Å². The molecule has 0 bridgehead atoms. The molecule has 1 unspecified atom stereocenters. The minimum Gasteiger partial charge on any atom is -0.481 e. The van der Waals surface area contributed by atoms with Crippen LogP contribution in [0.5, 0.6) is 0 Å². The fourth-order valence-corrected chi connectivity index (χ4v) is 0.780. The Kier molecular flexibility index (Phi) is 4.16. The van der Waals surface area contributed by atoms with Gasteiger partial charge in [-0.05, 0) is 19.8 Å². The van der Waals surface area contributed by atoms with E-state index < -0.39 is 16.5 Å². The van der Waals surface area contributed by atoms with Crippen LogP contribution in [0.2, 0.25) is 0 Å². The third kappa shape index (κ3) is 3.73. The predicted octanol–water partition coefficient (Wildman–Crippen LogP) is 1.09. The van der Waals surface area contributed by atoms with Crippen molar-refractivity contribution in [3.05, 3.63) is 10.1 Å². The summed E-state index contributed by atoms with van der Waals surface area (Å²) in [5.74, 6) is -0.957. The first kappa shape index (κ1) is 11.7. The van der Waals surface area contributed by atoms with Crippen molar-refractivity contribution in [2.45, 2.75) is 26.7 Å². The molecule has 0 radical (unpaired) electrons. The Morgan fingerprint density at radius 2 is 2.23 bits per heavy atom. The molecule has 0 aliphatic rings. The summed E-state index contributed by atoms with van der Waals surface area (Å²) in [6, 6.07) is 0. The lowest BCUT2D eigenvalue weighted by Crippen LogP contribution is -2.28. The Labute approximate surface area is 75.6 Å². The summed E-state index contributed by atoms with van der Waals surface area (Å²) in [5, 5.41) is 17.6. The molecule has 0 aromatic heterocycles. The van der Waals surface area contributed by atoms with Crippen LogP contribution < -0.4 is 0 Å². The first-order valence-corrected chi connectivity index (χ1v) is 3.93. The highest BCUT2D eigenvalue weighted by Gasteiger charge is 2.30. The molecule has 0 heterocycles. The molecule has 0 spiro atoms. The molecule has 6 heteroatoms. The highest BCUT2D eigenvalue weighted by atomic mass is 16.9. The van der Waals surface area contributed by atoms with E-state index in [2.05, 4.69) is 4.84 Å². The number of hydrogen-bond donors (Lipinski definition) is 1. The first-order chi connectivity index (χ1) is 5.92. The summed E-state index contributed by atoms with van der Waals surface area (Å²) in [6.45, 7) is 3.09. The smallest absolute Gasteiger partial charge is 0.309 e. The van der Waals surface area contributed by atoms with Crippen LogP contribution in [-0.4, -0.2) is 22.8 Å². The molecule has 0 aromatic rings. The number of aliphatic carboxylic acids is 1. The number of carboxylic acids is 1. The fourth-order valence-electron chi connectivity index (χ4n) is 0.780. The number of rotatable bonds is 6.